The Morgan fingerprint density at radius 2 is 1.58 bits per heavy atom. The van der Waals surface area contributed by atoms with Crippen LogP contribution in [-0.2, 0) is 21.3 Å². The molecule has 0 radical (unpaired) electrons. The van der Waals surface area contributed by atoms with Crippen molar-refractivity contribution in [2.24, 2.45) is 0 Å². The van der Waals surface area contributed by atoms with Crippen LogP contribution in [0.15, 0.2) is 24.3 Å². The number of hydrogen-bond acceptors (Lipinski definition) is 2. The van der Waals surface area contributed by atoms with Crippen LogP contribution in [0.5, 0.6) is 0 Å². The molecule has 0 bridgehead atoms. The van der Waals surface area contributed by atoms with Crippen LogP contribution in [0.1, 0.15) is 37.8 Å². The summed E-state index contributed by atoms with van der Waals surface area (Å²) in [6.45, 7) is 5.70. The topological polar surface area (TPSA) is 18.5 Å². The molecule has 0 fully saturated rings. The SMILES string of the molecule is CCCOC([SiH3])(OCCC)c1ccc(CCCl)cc1. The number of rotatable bonds is 9. The summed E-state index contributed by atoms with van der Waals surface area (Å²) in [7, 11) is 0.814. The van der Waals surface area contributed by atoms with Crippen LogP contribution in [0.4, 0.5) is 0 Å². The van der Waals surface area contributed by atoms with E-state index >= 15 is 0 Å². The highest BCUT2D eigenvalue weighted by Crippen LogP contribution is 2.25. The molecule has 0 heterocycles. The van der Waals surface area contributed by atoms with E-state index in [0.717, 1.165) is 48.3 Å². The highest BCUT2D eigenvalue weighted by molar-refractivity contribution is 6.18. The highest BCUT2D eigenvalue weighted by Gasteiger charge is 2.27. The molecule has 0 spiro atoms. The maximum absolute atomic E-state index is 5.98. The van der Waals surface area contributed by atoms with E-state index in [-0.39, 0.29) is 0 Å². The number of alkyl halides is 1. The van der Waals surface area contributed by atoms with Crippen LogP contribution in [-0.4, -0.2) is 29.3 Å². The van der Waals surface area contributed by atoms with Gasteiger partial charge in [-0.3, -0.25) is 0 Å². The summed E-state index contributed by atoms with van der Waals surface area (Å²) in [5, 5.41) is 0. The van der Waals surface area contributed by atoms with Gasteiger partial charge in [-0.1, -0.05) is 38.1 Å². The number of hydrogen-bond donors (Lipinski definition) is 0. The third kappa shape index (κ3) is 5.26. The average Bonchev–Trinajstić information content (AvgIpc) is 2.44. The number of benzene rings is 1. The maximum Gasteiger partial charge on any atom is 0.166 e. The third-order valence-corrected chi connectivity index (χ3v) is 4.37. The van der Waals surface area contributed by atoms with Crippen molar-refractivity contribution < 1.29 is 9.47 Å². The predicted molar refractivity (Wildman–Crippen MR) is 85.0 cm³/mol. The maximum atomic E-state index is 5.98. The Hall–Kier alpha value is -0.353. The normalized spacial score (nSPS) is 11.9. The fourth-order valence-electron chi connectivity index (χ4n) is 1.89. The molecule has 0 amide bonds. The number of halogens is 1. The molecule has 0 saturated carbocycles. The van der Waals surface area contributed by atoms with E-state index < -0.39 is 5.41 Å². The molecule has 0 atom stereocenters. The van der Waals surface area contributed by atoms with Crippen molar-refractivity contribution in [3.05, 3.63) is 35.4 Å². The lowest BCUT2D eigenvalue weighted by Gasteiger charge is -2.31. The van der Waals surface area contributed by atoms with Gasteiger partial charge in [-0.25, -0.2) is 0 Å². The van der Waals surface area contributed by atoms with Crippen LogP contribution < -0.4 is 0 Å². The molecule has 0 aromatic heterocycles. The van der Waals surface area contributed by atoms with Crippen molar-refractivity contribution in [3.8, 4) is 0 Å². The summed E-state index contributed by atoms with van der Waals surface area (Å²) in [6, 6.07) is 8.46. The Morgan fingerprint density at radius 1 is 1.05 bits per heavy atom. The molecule has 108 valence electrons. The quantitative estimate of drug-likeness (QED) is 0.397. The molecule has 2 nitrogen and oxygen atoms in total. The summed E-state index contributed by atoms with van der Waals surface area (Å²) in [6.07, 6.45) is 2.91. The van der Waals surface area contributed by atoms with E-state index in [0.29, 0.717) is 5.88 Å². The third-order valence-electron chi connectivity index (χ3n) is 3.02. The number of aryl methyl sites for hydroxylation is 1. The van der Waals surface area contributed by atoms with Crippen LogP contribution in [0.3, 0.4) is 0 Å². The summed E-state index contributed by atoms with van der Waals surface area (Å²) >= 11 is 5.76. The van der Waals surface area contributed by atoms with E-state index in [1.54, 1.807) is 0 Å². The highest BCUT2D eigenvalue weighted by atomic mass is 35.5. The van der Waals surface area contributed by atoms with Gasteiger partial charge in [0.05, 0.1) is 10.2 Å². The Bertz CT molecular complexity index is 346. The molecule has 0 aliphatic rings. The minimum absolute atomic E-state index is 0.508. The lowest BCUT2D eigenvalue weighted by atomic mass is 10.1. The first-order chi connectivity index (χ1) is 9.16. The Kier molecular flexibility index (Phi) is 7.69. The van der Waals surface area contributed by atoms with Crippen LogP contribution in [0.2, 0.25) is 0 Å². The lowest BCUT2D eigenvalue weighted by molar-refractivity contribution is -0.186. The van der Waals surface area contributed by atoms with Crippen molar-refractivity contribution in [2.75, 3.05) is 19.1 Å². The first-order valence-electron chi connectivity index (χ1n) is 7.09. The summed E-state index contributed by atoms with van der Waals surface area (Å²) in [5.41, 5.74) is 1.87. The fourth-order valence-corrected chi connectivity index (χ4v) is 2.85. The molecule has 19 heavy (non-hydrogen) atoms. The van der Waals surface area contributed by atoms with Gasteiger partial charge in [-0.15, -0.1) is 11.6 Å². The largest absolute Gasteiger partial charge is 0.351 e. The van der Waals surface area contributed by atoms with Gasteiger partial charge in [-0.05, 0) is 24.8 Å². The minimum atomic E-state index is -0.508. The van der Waals surface area contributed by atoms with E-state index in [1.807, 2.05) is 0 Å². The zero-order chi connectivity index (χ0) is 14.1. The molecule has 1 aromatic carbocycles. The Morgan fingerprint density at radius 3 is 2.00 bits per heavy atom. The van der Waals surface area contributed by atoms with E-state index in [2.05, 4.69) is 38.1 Å². The van der Waals surface area contributed by atoms with Gasteiger partial charge in [0.1, 0.15) is 0 Å². The molecule has 0 aliphatic carbocycles. The van der Waals surface area contributed by atoms with E-state index in [9.17, 15) is 0 Å². The second-order valence-corrected chi connectivity index (χ2v) is 6.47. The van der Waals surface area contributed by atoms with E-state index in [4.69, 9.17) is 21.1 Å². The zero-order valence-electron chi connectivity index (χ0n) is 12.2. The fraction of sp³-hybridized carbons (Fsp3) is 0.600. The van der Waals surface area contributed by atoms with Crippen LogP contribution in [0, 0.1) is 0 Å². The van der Waals surface area contributed by atoms with Gasteiger partial charge in [0.15, 0.2) is 5.41 Å². The van der Waals surface area contributed by atoms with Gasteiger partial charge in [0, 0.05) is 24.7 Å². The van der Waals surface area contributed by atoms with Crippen molar-refractivity contribution in [1.82, 2.24) is 0 Å². The van der Waals surface area contributed by atoms with Gasteiger partial charge >= 0.3 is 0 Å². The average molecular weight is 301 g/mol. The lowest BCUT2D eigenvalue weighted by Crippen LogP contribution is -2.34. The van der Waals surface area contributed by atoms with Gasteiger partial charge in [0.25, 0.3) is 0 Å². The smallest absolute Gasteiger partial charge is 0.166 e. The molecule has 1 rings (SSSR count). The second kappa shape index (κ2) is 8.75. The summed E-state index contributed by atoms with van der Waals surface area (Å²) in [5.74, 6) is 0.657. The molecule has 0 saturated heterocycles. The summed E-state index contributed by atoms with van der Waals surface area (Å²) in [4.78, 5) is 0. The van der Waals surface area contributed by atoms with Crippen molar-refractivity contribution >= 4 is 21.8 Å². The number of ether oxygens (including phenoxy) is 2. The standard InChI is InChI=1S/C15H25ClO2Si/c1-3-11-17-15(19,18-12-4-2)14-7-5-13(6-8-14)9-10-16/h5-8H,3-4,9-12H2,1-2,19H3. The molecule has 0 aliphatic heterocycles. The van der Waals surface area contributed by atoms with Crippen LogP contribution in [0.25, 0.3) is 0 Å². The molecule has 0 unspecified atom stereocenters. The zero-order valence-corrected chi connectivity index (χ0v) is 15.0. The van der Waals surface area contributed by atoms with Gasteiger partial charge in [-0.2, -0.15) is 0 Å². The van der Waals surface area contributed by atoms with Gasteiger partial charge in [0.2, 0.25) is 0 Å². The molecule has 0 N–H and O–H groups in total. The first-order valence-corrected chi connectivity index (χ1v) is 8.63. The minimum Gasteiger partial charge on any atom is -0.351 e. The van der Waals surface area contributed by atoms with E-state index in [1.165, 1.54) is 5.56 Å². The van der Waals surface area contributed by atoms with Crippen LogP contribution >= 0.6 is 11.6 Å². The second-order valence-electron chi connectivity index (χ2n) is 4.78. The first kappa shape index (κ1) is 16.7. The molecular weight excluding hydrogens is 276 g/mol. The predicted octanol–water partition coefficient (Wildman–Crippen LogP) is 2.80. The van der Waals surface area contributed by atoms with Crippen molar-refractivity contribution in [3.63, 3.8) is 0 Å². The summed E-state index contributed by atoms with van der Waals surface area (Å²) < 4.78 is 12.0. The van der Waals surface area contributed by atoms with Crippen molar-refractivity contribution in [2.45, 2.75) is 38.5 Å². The Balaban J connectivity index is 2.83. The Labute approximate surface area is 124 Å². The molecule has 4 heteroatoms. The molecule has 1 aromatic rings. The monoisotopic (exact) mass is 300 g/mol. The van der Waals surface area contributed by atoms with Crippen molar-refractivity contribution in [1.29, 1.82) is 0 Å². The molecular formula is C15H25ClO2Si. The van der Waals surface area contributed by atoms with Gasteiger partial charge < -0.3 is 9.47 Å².